The first kappa shape index (κ1) is 18.6. The first-order valence-electron chi connectivity index (χ1n) is 7.94. The molecule has 1 aliphatic rings. The van der Waals surface area contributed by atoms with E-state index in [-0.39, 0.29) is 23.5 Å². The van der Waals surface area contributed by atoms with Gasteiger partial charge in [0.15, 0.2) is 11.9 Å². The molecule has 0 radical (unpaired) electrons. The summed E-state index contributed by atoms with van der Waals surface area (Å²) in [6.45, 7) is 0.162. The summed E-state index contributed by atoms with van der Waals surface area (Å²) in [5.41, 5.74) is 4.07. The van der Waals surface area contributed by atoms with Crippen LogP contribution in [0.25, 0.3) is 11.2 Å². The molecule has 1 aliphatic heterocycles. The van der Waals surface area contributed by atoms with Gasteiger partial charge in [-0.05, 0) is 6.42 Å². The quantitative estimate of drug-likeness (QED) is 0.692. The molecule has 0 spiro atoms. The minimum atomic E-state index is -4.65. The fourth-order valence-electron chi connectivity index (χ4n) is 3.06. The molecule has 2 aromatic rings. The number of nitrogens with two attached hydrogens (primary N) is 1. The van der Waals surface area contributed by atoms with Crippen LogP contribution in [-0.4, -0.2) is 53.8 Å². The van der Waals surface area contributed by atoms with Gasteiger partial charge in [0.05, 0.1) is 18.4 Å². The van der Waals surface area contributed by atoms with E-state index in [0.29, 0.717) is 11.0 Å². The molecule has 0 aliphatic carbocycles. The first-order chi connectivity index (χ1) is 12.1. The third-order valence-electron chi connectivity index (χ3n) is 4.28. The zero-order valence-electron chi connectivity index (χ0n) is 13.7. The monoisotopic (exact) mass is 377 g/mol. The highest BCUT2D eigenvalue weighted by atomic mass is 19.4. The van der Waals surface area contributed by atoms with Crippen LogP contribution < -0.4 is 11.4 Å². The van der Waals surface area contributed by atoms with Crippen molar-refractivity contribution >= 4 is 17.1 Å². The van der Waals surface area contributed by atoms with E-state index in [4.69, 9.17) is 10.5 Å². The number of fused-ring (bicyclic) bond motifs is 1. The molecule has 1 saturated heterocycles. The van der Waals surface area contributed by atoms with E-state index in [1.807, 2.05) is 0 Å². The Morgan fingerprint density at radius 2 is 2.19 bits per heavy atom. The Balaban J connectivity index is 2.13. The molecule has 26 heavy (non-hydrogen) atoms. The minimum absolute atomic E-state index is 0.0264. The molecule has 4 atom stereocenters. The number of anilines is 1. The van der Waals surface area contributed by atoms with Crippen LogP contribution in [0.1, 0.15) is 26.0 Å². The summed E-state index contributed by atoms with van der Waals surface area (Å²) in [7, 11) is 0. The average molecular weight is 377 g/mol. The van der Waals surface area contributed by atoms with Gasteiger partial charge in [0.1, 0.15) is 18.2 Å². The van der Waals surface area contributed by atoms with E-state index in [0.717, 1.165) is 10.8 Å². The van der Waals surface area contributed by atoms with E-state index in [9.17, 15) is 28.2 Å². The van der Waals surface area contributed by atoms with Crippen LogP contribution in [0.4, 0.5) is 19.1 Å². The number of aromatic nitrogens is 4. The lowest BCUT2D eigenvalue weighted by Crippen LogP contribution is -2.34. The van der Waals surface area contributed by atoms with Crippen molar-refractivity contribution in [3.63, 3.8) is 0 Å². The Bertz CT molecular complexity index is 865. The van der Waals surface area contributed by atoms with Crippen molar-refractivity contribution in [3.8, 4) is 0 Å². The second-order valence-corrected chi connectivity index (χ2v) is 6.13. The lowest BCUT2D eigenvalue weighted by atomic mass is 10.1. The van der Waals surface area contributed by atoms with E-state index >= 15 is 0 Å². The smallest absolute Gasteiger partial charge is 0.390 e. The molecular weight excluding hydrogens is 359 g/mol. The Morgan fingerprint density at radius 3 is 2.81 bits per heavy atom. The van der Waals surface area contributed by atoms with E-state index in [1.54, 1.807) is 6.92 Å². The predicted octanol–water partition coefficient (Wildman–Crippen LogP) is 0.157. The van der Waals surface area contributed by atoms with Gasteiger partial charge >= 0.3 is 11.9 Å². The van der Waals surface area contributed by atoms with Crippen LogP contribution in [0.5, 0.6) is 0 Å². The van der Waals surface area contributed by atoms with Crippen LogP contribution in [0.3, 0.4) is 0 Å². The predicted molar refractivity (Wildman–Crippen MR) is 83.1 cm³/mol. The van der Waals surface area contributed by atoms with Gasteiger partial charge in [0, 0.05) is 6.42 Å². The number of halogens is 3. The van der Waals surface area contributed by atoms with Crippen molar-refractivity contribution in [2.75, 3.05) is 5.73 Å². The first-order valence-corrected chi connectivity index (χ1v) is 7.94. The van der Waals surface area contributed by atoms with E-state index < -0.39 is 43.0 Å². The van der Waals surface area contributed by atoms with Gasteiger partial charge in [0.2, 0.25) is 5.95 Å². The zero-order valence-corrected chi connectivity index (χ0v) is 13.7. The number of hydrogen-bond donors (Lipinski definition) is 3. The molecule has 0 amide bonds. The molecule has 0 saturated carbocycles. The molecule has 3 rings (SSSR count). The highest BCUT2D eigenvalue weighted by Crippen LogP contribution is 2.32. The lowest BCUT2D eigenvalue weighted by Gasteiger charge is -2.18. The number of alkyl halides is 3. The fraction of sp³-hybridized carbons (Fsp3) is 0.643. The third-order valence-corrected chi connectivity index (χ3v) is 4.28. The standard InChI is InChI=1S/C14H18F3N5O4/c1-2-7(23)9-3-8(24)11(26-9)22-10-6(4-19-12(18)20-10)21(13(22)25)5-14(15,16)17/h4,7-9,11,23-24H,2-3,5H2,1H3,(H2,18,19,20)/t7-,8+,9-,11+/m0/s1. The number of ether oxygens (including phenoxy) is 1. The van der Waals surface area contributed by atoms with Gasteiger partial charge in [-0.3, -0.25) is 4.57 Å². The molecule has 1 fully saturated rings. The molecule has 0 unspecified atom stereocenters. The second-order valence-electron chi connectivity index (χ2n) is 6.13. The van der Waals surface area contributed by atoms with Crippen LogP contribution in [0.2, 0.25) is 0 Å². The molecule has 9 nitrogen and oxygen atoms in total. The number of hydrogen-bond acceptors (Lipinski definition) is 7. The van der Waals surface area contributed by atoms with E-state index in [1.165, 1.54) is 0 Å². The Labute approximate surface area is 144 Å². The highest BCUT2D eigenvalue weighted by molar-refractivity contribution is 5.72. The third kappa shape index (κ3) is 3.27. The van der Waals surface area contributed by atoms with Crippen molar-refractivity contribution in [1.29, 1.82) is 0 Å². The Morgan fingerprint density at radius 1 is 1.50 bits per heavy atom. The van der Waals surface area contributed by atoms with E-state index in [2.05, 4.69) is 9.97 Å². The maximum absolute atomic E-state index is 12.9. The number of nitrogens with zero attached hydrogens (tertiary/aromatic N) is 4. The SMILES string of the molecule is CC[C@H](O)[C@@H]1C[C@@H](O)[C@H](n2c(=O)n(CC(F)(F)F)c3cnc(N)nc32)O1. The largest absolute Gasteiger partial charge is 0.406 e. The molecule has 0 aromatic carbocycles. The Kier molecular flexibility index (Phi) is 4.67. The number of imidazole rings is 1. The maximum atomic E-state index is 12.9. The van der Waals surface area contributed by atoms with Crippen molar-refractivity contribution < 1.29 is 28.1 Å². The molecular formula is C14H18F3N5O4. The summed E-state index contributed by atoms with van der Waals surface area (Å²) in [6.07, 6.45) is -7.40. The minimum Gasteiger partial charge on any atom is -0.390 e. The van der Waals surface area contributed by atoms with Crippen molar-refractivity contribution in [2.45, 2.75) is 57.0 Å². The summed E-state index contributed by atoms with van der Waals surface area (Å²) in [5, 5.41) is 20.2. The summed E-state index contributed by atoms with van der Waals surface area (Å²) < 4.78 is 45.4. The van der Waals surface area contributed by atoms with Crippen molar-refractivity contribution in [2.24, 2.45) is 0 Å². The lowest BCUT2D eigenvalue weighted by molar-refractivity contribution is -0.140. The fourth-order valence-corrected chi connectivity index (χ4v) is 3.06. The summed E-state index contributed by atoms with van der Waals surface area (Å²) in [4.78, 5) is 20.1. The topological polar surface area (TPSA) is 128 Å². The number of aliphatic hydroxyl groups excluding tert-OH is 2. The summed E-state index contributed by atoms with van der Waals surface area (Å²) in [6, 6.07) is 0. The highest BCUT2D eigenvalue weighted by Gasteiger charge is 2.41. The molecule has 0 bridgehead atoms. The van der Waals surface area contributed by atoms with Crippen LogP contribution in [0, 0.1) is 0 Å². The van der Waals surface area contributed by atoms with Gasteiger partial charge in [-0.2, -0.15) is 18.2 Å². The van der Waals surface area contributed by atoms with Crippen LogP contribution in [0.15, 0.2) is 11.0 Å². The molecule has 3 heterocycles. The van der Waals surface area contributed by atoms with Crippen molar-refractivity contribution in [3.05, 3.63) is 16.7 Å². The maximum Gasteiger partial charge on any atom is 0.406 e. The molecule has 144 valence electrons. The molecule has 2 aromatic heterocycles. The van der Waals surface area contributed by atoms with Gasteiger partial charge in [-0.25, -0.2) is 14.3 Å². The van der Waals surface area contributed by atoms with Crippen LogP contribution >= 0.6 is 0 Å². The number of nitrogen functional groups attached to an aromatic ring is 1. The van der Waals surface area contributed by atoms with Gasteiger partial charge in [-0.15, -0.1) is 0 Å². The zero-order chi connectivity index (χ0) is 19.2. The van der Waals surface area contributed by atoms with Gasteiger partial charge in [-0.1, -0.05) is 6.92 Å². The number of rotatable bonds is 4. The van der Waals surface area contributed by atoms with Gasteiger partial charge < -0.3 is 20.7 Å². The van der Waals surface area contributed by atoms with Gasteiger partial charge in [0.25, 0.3) is 0 Å². The second kappa shape index (κ2) is 6.52. The molecule has 4 N–H and O–H groups in total. The average Bonchev–Trinajstić information content (AvgIpc) is 3.04. The number of aliphatic hydroxyl groups is 2. The summed E-state index contributed by atoms with van der Waals surface area (Å²) >= 11 is 0. The Hall–Kier alpha value is -2.18. The van der Waals surface area contributed by atoms with Crippen molar-refractivity contribution in [1.82, 2.24) is 19.1 Å². The summed E-state index contributed by atoms with van der Waals surface area (Å²) in [5.74, 6) is -0.243. The van der Waals surface area contributed by atoms with Crippen LogP contribution in [-0.2, 0) is 11.3 Å². The normalized spacial score (nSPS) is 25.1. The molecule has 12 heteroatoms.